The molecule has 0 unspecified atom stereocenters. The van der Waals surface area contributed by atoms with E-state index in [-0.39, 0.29) is 12.8 Å². The first-order chi connectivity index (χ1) is 17.7. The van der Waals surface area contributed by atoms with Crippen LogP contribution in [0.15, 0.2) is 30.6 Å². The van der Waals surface area contributed by atoms with Gasteiger partial charge in [0.2, 0.25) is 0 Å². The fourth-order valence-corrected chi connectivity index (χ4v) is 5.07. The van der Waals surface area contributed by atoms with Gasteiger partial charge < -0.3 is 0 Å². The van der Waals surface area contributed by atoms with Gasteiger partial charge in [-0.3, -0.25) is 0 Å². The predicted molar refractivity (Wildman–Crippen MR) is 136 cm³/mol. The van der Waals surface area contributed by atoms with E-state index >= 15 is 0 Å². The minimum atomic E-state index is -6.25. The summed E-state index contributed by atoms with van der Waals surface area (Å²) >= 11 is 12.7. The van der Waals surface area contributed by atoms with E-state index in [2.05, 4.69) is 29.2 Å². The molecule has 2 rings (SSSR count). The van der Waals surface area contributed by atoms with Gasteiger partial charge in [0.25, 0.3) is 5.82 Å². The van der Waals surface area contributed by atoms with Crippen molar-refractivity contribution in [1.29, 1.82) is 0 Å². The van der Waals surface area contributed by atoms with Crippen molar-refractivity contribution in [2.24, 2.45) is 0 Å². The summed E-state index contributed by atoms with van der Waals surface area (Å²) in [7, 11) is 0. The lowest BCUT2D eigenvalue weighted by atomic mass is 10.0. The van der Waals surface area contributed by atoms with Crippen molar-refractivity contribution in [1.82, 2.24) is 4.57 Å². The lowest BCUT2D eigenvalue weighted by Crippen LogP contribution is -2.51. The number of alkyl halides is 7. The molecular weight excluding hydrogens is 556 g/mol. The van der Waals surface area contributed by atoms with E-state index in [0.717, 1.165) is 50.6 Å². The molecule has 1 aromatic heterocycles. The van der Waals surface area contributed by atoms with Crippen molar-refractivity contribution in [3.8, 4) is 0 Å². The van der Waals surface area contributed by atoms with Crippen molar-refractivity contribution in [2.75, 3.05) is 0 Å². The van der Waals surface area contributed by atoms with Crippen molar-refractivity contribution in [3.63, 3.8) is 0 Å². The Morgan fingerprint density at radius 1 is 0.789 bits per heavy atom. The van der Waals surface area contributed by atoms with E-state index in [0.29, 0.717) is 28.9 Å². The second-order valence-corrected chi connectivity index (χ2v) is 10.9. The third kappa shape index (κ3) is 8.77. The Hall–Kier alpha value is -1.48. The summed E-state index contributed by atoms with van der Waals surface area (Å²) in [4.78, 5) is 0. The molecule has 0 aliphatic rings. The summed E-state index contributed by atoms with van der Waals surface area (Å²) in [6.07, 6.45) is 2.32. The molecular formula is C27H36Cl2F7N2+. The molecule has 2 nitrogen and oxygen atoms in total. The molecule has 0 saturated heterocycles. The molecule has 0 spiro atoms. The first-order valence-corrected chi connectivity index (χ1v) is 13.8. The van der Waals surface area contributed by atoms with E-state index in [4.69, 9.17) is 23.2 Å². The van der Waals surface area contributed by atoms with Crippen LogP contribution in [0.5, 0.6) is 0 Å². The topological polar surface area (TPSA) is 8.81 Å². The minimum absolute atomic E-state index is 0.203. The van der Waals surface area contributed by atoms with Gasteiger partial charge in [-0.2, -0.15) is 30.7 Å². The van der Waals surface area contributed by atoms with Crippen molar-refractivity contribution < 1.29 is 35.3 Å². The van der Waals surface area contributed by atoms with Crippen LogP contribution in [0.2, 0.25) is 10.0 Å². The summed E-state index contributed by atoms with van der Waals surface area (Å²) in [6.45, 7) is 5.73. The summed E-state index contributed by atoms with van der Waals surface area (Å²) in [6, 6.07) is 5.47. The number of benzene rings is 1. The number of hydrogen-bond donors (Lipinski definition) is 0. The predicted octanol–water partition coefficient (Wildman–Crippen LogP) is 9.99. The Balaban J connectivity index is 1.66. The maximum atomic E-state index is 13.3. The number of halogens is 9. The lowest BCUT2D eigenvalue weighted by Gasteiger charge is -2.28. The molecule has 11 heteroatoms. The molecule has 0 aliphatic carbocycles. The van der Waals surface area contributed by atoms with Gasteiger partial charge in [-0.25, -0.2) is 9.13 Å². The zero-order valence-corrected chi connectivity index (χ0v) is 23.3. The number of unbranched alkanes of at least 4 members (excludes halogenated alkanes) is 8. The van der Waals surface area contributed by atoms with E-state index in [1.807, 2.05) is 24.4 Å². The molecule has 0 radical (unpaired) electrons. The molecule has 38 heavy (non-hydrogen) atoms. The third-order valence-corrected chi connectivity index (χ3v) is 7.34. The monoisotopic (exact) mass is 591 g/mol. The minimum Gasteiger partial charge on any atom is -0.234 e. The van der Waals surface area contributed by atoms with Crippen LogP contribution in [0.4, 0.5) is 30.7 Å². The Morgan fingerprint density at radius 2 is 1.29 bits per heavy atom. The number of imidazole rings is 1. The Bertz CT molecular complexity index is 984. The lowest BCUT2D eigenvalue weighted by molar-refractivity contribution is -0.696. The molecule has 216 valence electrons. The molecule has 0 N–H and O–H groups in total. The van der Waals surface area contributed by atoms with Gasteiger partial charge in [0.15, 0.2) is 0 Å². The van der Waals surface area contributed by atoms with Crippen molar-refractivity contribution in [2.45, 2.75) is 115 Å². The standard InChI is InChI=1S/C27H36Cl2F7N2/c1-20(2)24-37(17-18-38(24)19-21-22(28)13-12-14-23(21)29)16-11-9-7-5-3-4-6-8-10-15-25(30,31)26(32,33)27(34,35)36/h12-14,17-18,20H,3-11,15-16,19H2,1-2H3/q+1. The second-order valence-electron chi connectivity index (χ2n) is 10.0. The second kappa shape index (κ2) is 14.2. The first kappa shape index (κ1) is 32.7. The molecule has 0 amide bonds. The average Bonchev–Trinajstić information content (AvgIpc) is 3.21. The maximum Gasteiger partial charge on any atom is 0.459 e. The van der Waals surface area contributed by atoms with Gasteiger partial charge in [-0.05, 0) is 31.4 Å². The van der Waals surface area contributed by atoms with E-state index in [1.165, 1.54) is 5.82 Å². The number of nitrogens with zero attached hydrogens (tertiary/aromatic N) is 2. The van der Waals surface area contributed by atoms with E-state index in [9.17, 15) is 30.7 Å². The fourth-order valence-electron chi connectivity index (χ4n) is 4.55. The molecule has 2 aromatic rings. The molecule has 1 heterocycles. The maximum absolute atomic E-state index is 13.3. The Kier molecular flexibility index (Phi) is 12.3. The molecule has 0 fully saturated rings. The number of hydrogen-bond acceptors (Lipinski definition) is 0. The summed E-state index contributed by atoms with van der Waals surface area (Å²) in [5, 5.41) is 1.27. The summed E-state index contributed by atoms with van der Waals surface area (Å²) in [5.41, 5.74) is 0.883. The zero-order valence-electron chi connectivity index (χ0n) is 21.7. The highest BCUT2D eigenvalue weighted by Gasteiger charge is 2.72. The van der Waals surface area contributed by atoms with Crippen LogP contribution in [0.1, 0.15) is 95.4 Å². The van der Waals surface area contributed by atoms with E-state index in [1.54, 1.807) is 0 Å². The van der Waals surface area contributed by atoms with Crippen LogP contribution in [0.3, 0.4) is 0 Å². The number of rotatable bonds is 16. The van der Waals surface area contributed by atoms with Crippen LogP contribution in [-0.4, -0.2) is 22.6 Å². The number of aryl methyl sites for hydroxylation is 1. The van der Waals surface area contributed by atoms with Gasteiger partial charge in [0.05, 0.1) is 12.5 Å². The van der Waals surface area contributed by atoms with E-state index < -0.39 is 24.4 Å². The first-order valence-electron chi connectivity index (χ1n) is 13.0. The highest BCUT2D eigenvalue weighted by Crippen LogP contribution is 2.48. The molecule has 0 bridgehead atoms. The SMILES string of the molecule is CC(C)c1n(CCCCCCCCCCCC(F)(F)C(F)(F)C(F)(F)F)cc[n+]1Cc1c(Cl)cccc1Cl. The van der Waals surface area contributed by atoms with Gasteiger partial charge in [-0.1, -0.05) is 81.6 Å². The van der Waals surface area contributed by atoms with Gasteiger partial charge in [0.1, 0.15) is 18.9 Å². The molecule has 0 atom stereocenters. The summed E-state index contributed by atoms with van der Waals surface area (Å²) < 4.78 is 93.2. The van der Waals surface area contributed by atoms with Crippen LogP contribution in [-0.2, 0) is 13.1 Å². The molecule has 1 aromatic carbocycles. The van der Waals surface area contributed by atoms with Crippen LogP contribution >= 0.6 is 23.2 Å². The van der Waals surface area contributed by atoms with Crippen molar-refractivity contribution >= 4 is 23.2 Å². The normalized spacial score (nSPS) is 13.1. The average molecular weight is 592 g/mol. The largest absolute Gasteiger partial charge is 0.459 e. The smallest absolute Gasteiger partial charge is 0.234 e. The van der Waals surface area contributed by atoms with Gasteiger partial charge in [0, 0.05) is 22.0 Å². The fraction of sp³-hybridized carbons (Fsp3) is 0.667. The Labute approximate surface area is 230 Å². The van der Waals surface area contributed by atoms with Crippen LogP contribution in [0.25, 0.3) is 0 Å². The highest BCUT2D eigenvalue weighted by molar-refractivity contribution is 6.35. The van der Waals surface area contributed by atoms with Crippen LogP contribution in [0, 0.1) is 0 Å². The number of aromatic nitrogens is 2. The van der Waals surface area contributed by atoms with Crippen molar-refractivity contribution in [3.05, 3.63) is 52.0 Å². The Morgan fingerprint density at radius 3 is 1.79 bits per heavy atom. The molecule has 0 aliphatic heterocycles. The van der Waals surface area contributed by atoms with Gasteiger partial charge in [-0.15, -0.1) is 0 Å². The highest BCUT2D eigenvalue weighted by atomic mass is 35.5. The van der Waals surface area contributed by atoms with Gasteiger partial charge >= 0.3 is 18.0 Å². The quantitative estimate of drug-likeness (QED) is 0.104. The molecule has 0 saturated carbocycles. The zero-order chi connectivity index (χ0) is 28.6. The third-order valence-electron chi connectivity index (χ3n) is 6.63. The van der Waals surface area contributed by atoms with Crippen LogP contribution < -0.4 is 4.57 Å². The summed E-state index contributed by atoms with van der Waals surface area (Å²) in [5.74, 6) is -9.60.